The molecular weight excluding hydrogens is 328 g/mol. The zero-order chi connectivity index (χ0) is 18.4. The molecule has 0 bridgehead atoms. The Morgan fingerprint density at radius 1 is 1.27 bits per heavy atom. The van der Waals surface area contributed by atoms with Crippen LogP contribution in [0.2, 0.25) is 0 Å². The number of carbonyl (C=O) groups excluding carboxylic acids is 1. The highest BCUT2D eigenvalue weighted by Gasteiger charge is 2.22. The van der Waals surface area contributed by atoms with E-state index in [4.69, 9.17) is 4.74 Å². The number of ether oxygens (including phenoxy) is 1. The average Bonchev–Trinajstić information content (AvgIpc) is 2.93. The normalized spacial score (nSPS) is 17.5. The van der Waals surface area contributed by atoms with E-state index in [-0.39, 0.29) is 5.91 Å². The number of hydrogen-bond acceptors (Lipinski definition) is 5. The molecule has 1 aromatic carbocycles. The molecule has 2 heterocycles. The van der Waals surface area contributed by atoms with Crippen LogP contribution in [0.15, 0.2) is 36.7 Å². The van der Waals surface area contributed by atoms with Gasteiger partial charge in [0.15, 0.2) is 0 Å². The summed E-state index contributed by atoms with van der Waals surface area (Å²) in [5, 5.41) is 2.98. The molecule has 1 saturated heterocycles. The zero-order valence-corrected chi connectivity index (χ0v) is 15.4. The fourth-order valence-electron chi connectivity index (χ4n) is 3.40. The predicted molar refractivity (Wildman–Crippen MR) is 102 cm³/mol. The summed E-state index contributed by atoms with van der Waals surface area (Å²) in [7, 11) is 3.45. The smallest absolute Gasteiger partial charge is 0.253 e. The monoisotopic (exact) mass is 354 g/mol. The summed E-state index contributed by atoms with van der Waals surface area (Å²) in [5.41, 5.74) is 1.71. The third-order valence-electron chi connectivity index (χ3n) is 4.91. The van der Waals surface area contributed by atoms with Crippen LogP contribution in [0, 0.1) is 5.92 Å². The first kappa shape index (κ1) is 18.2. The van der Waals surface area contributed by atoms with E-state index in [9.17, 15) is 4.79 Å². The van der Waals surface area contributed by atoms with Crippen LogP contribution in [0.3, 0.4) is 0 Å². The van der Waals surface area contributed by atoms with Crippen LogP contribution < -0.4 is 10.1 Å². The number of carbonyl (C=O) groups is 1. The minimum Gasteiger partial charge on any atom is -0.497 e. The van der Waals surface area contributed by atoms with Gasteiger partial charge in [0.2, 0.25) is 0 Å². The Balaban J connectivity index is 1.59. The quantitative estimate of drug-likeness (QED) is 0.894. The second-order valence-electron chi connectivity index (χ2n) is 6.67. The SMILES string of the molecule is CNc1cnc(C[C@H]2CCCN(C(=O)c3cccc(OC)c3)CC2)cn1. The predicted octanol–water partition coefficient (Wildman–Crippen LogP) is 3.01. The van der Waals surface area contributed by atoms with Gasteiger partial charge in [-0.15, -0.1) is 0 Å². The number of likely N-dealkylation sites (tertiary alicyclic amines) is 1. The fraction of sp³-hybridized carbons (Fsp3) is 0.450. The highest BCUT2D eigenvalue weighted by Crippen LogP contribution is 2.23. The van der Waals surface area contributed by atoms with Gasteiger partial charge in [0.1, 0.15) is 11.6 Å². The Morgan fingerprint density at radius 3 is 2.88 bits per heavy atom. The van der Waals surface area contributed by atoms with Crippen molar-refractivity contribution in [3.05, 3.63) is 47.9 Å². The molecule has 1 fully saturated rings. The Bertz CT molecular complexity index is 733. The van der Waals surface area contributed by atoms with E-state index >= 15 is 0 Å². The maximum Gasteiger partial charge on any atom is 0.253 e. The lowest BCUT2D eigenvalue weighted by Crippen LogP contribution is -2.32. The number of methoxy groups -OCH3 is 1. The van der Waals surface area contributed by atoms with Gasteiger partial charge in [-0.2, -0.15) is 0 Å². The van der Waals surface area contributed by atoms with Crippen molar-refractivity contribution in [2.45, 2.75) is 25.7 Å². The van der Waals surface area contributed by atoms with Crippen LogP contribution in [0.25, 0.3) is 0 Å². The van der Waals surface area contributed by atoms with Crippen molar-refractivity contribution in [2.24, 2.45) is 5.92 Å². The lowest BCUT2D eigenvalue weighted by Gasteiger charge is -2.21. The van der Waals surface area contributed by atoms with Crippen LogP contribution in [0.5, 0.6) is 5.75 Å². The molecule has 1 N–H and O–H groups in total. The van der Waals surface area contributed by atoms with Crippen molar-refractivity contribution in [1.82, 2.24) is 14.9 Å². The Labute approximate surface area is 154 Å². The number of benzene rings is 1. The lowest BCUT2D eigenvalue weighted by atomic mass is 9.95. The molecule has 0 unspecified atom stereocenters. The van der Waals surface area contributed by atoms with Gasteiger partial charge in [0.25, 0.3) is 5.91 Å². The summed E-state index contributed by atoms with van der Waals surface area (Å²) in [4.78, 5) is 23.6. The standard InChI is InChI=1S/C20H26N4O2/c1-21-19-14-22-17(13-23-19)11-15-5-4-9-24(10-8-15)20(25)16-6-3-7-18(12-16)26-2/h3,6-7,12-15H,4-5,8-11H2,1-2H3,(H,21,23)/t15-/m0/s1. The second-order valence-corrected chi connectivity index (χ2v) is 6.67. The summed E-state index contributed by atoms with van der Waals surface area (Å²) >= 11 is 0. The minimum atomic E-state index is 0.0858. The van der Waals surface area contributed by atoms with Crippen molar-refractivity contribution >= 4 is 11.7 Å². The summed E-state index contributed by atoms with van der Waals surface area (Å²) in [6.45, 7) is 1.58. The summed E-state index contributed by atoms with van der Waals surface area (Å²) in [6.07, 6.45) is 7.64. The maximum atomic E-state index is 12.8. The highest BCUT2D eigenvalue weighted by atomic mass is 16.5. The molecule has 0 saturated carbocycles. The molecule has 1 amide bonds. The van der Waals surface area contributed by atoms with E-state index in [0.29, 0.717) is 17.2 Å². The molecule has 138 valence electrons. The lowest BCUT2D eigenvalue weighted by molar-refractivity contribution is 0.0759. The van der Waals surface area contributed by atoms with Gasteiger partial charge in [-0.1, -0.05) is 6.07 Å². The van der Waals surface area contributed by atoms with Gasteiger partial charge in [-0.3, -0.25) is 9.78 Å². The first-order valence-corrected chi connectivity index (χ1v) is 9.11. The molecule has 3 rings (SSSR count). The van der Waals surface area contributed by atoms with Crippen molar-refractivity contribution in [1.29, 1.82) is 0 Å². The number of anilines is 1. The molecule has 0 radical (unpaired) electrons. The molecule has 0 aliphatic carbocycles. The largest absolute Gasteiger partial charge is 0.497 e. The molecule has 26 heavy (non-hydrogen) atoms. The maximum absolute atomic E-state index is 12.8. The van der Waals surface area contributed by atoms with Gasteiger partial charge >= 0.3 is 0 Å². The molecule has 6 heteroatoms. The summed E-state index contributed by atoms with van der Waals surface area (Å²) in [6, 6.07) is 7.38. The van der Waals surface area contributed by atoms with Gasteiger partial charge in [0, 0.05) is 25.7 Å². The van der Waals surface area contributed by atoms with E-state index in [1.165, 1.54) is 0 Å². The zero-order valence-electron chi connectivity index (χ0n) is 15.4. The number of hydrogen-bond donors (Lipinski definition) is 1. The van der Waals surface area contributed by atoms with Gasteiger partial charge in [0.05, 0.1) is 25.2 Å². The van der Waals surface area contributed by atoms with Gasteiger partial charge in [-0.05, 0) is 49.8 Å². The van der Waals surface area contributed by atoms with Crippen molar-refractivity contribution in [3.63, 3.8) is 0 Å². The molecular formula is C20H26N4O2. The Morgan fingerprint density at radius 2 is 2.15 bits per heavy atom. The van der Waals surface area contributed by atoms with E-state index < -0.39 is 0 Å². The van der Waals surface area contributed by atoms with Crippen molar-refractivity contribution in [2.75, 3.05) is 32.6 Å². The molecule has 1 atom stereocenters. The van der Waals surface area contributed by atoms with Crippen LogP contribution in [-0.4, -0.2) is 48.0 Å². The fourth-order valence-corrected chi connectivity index (χ4v) is 3.40. The second kappa shape index (κ2) is 8.65. The van der Waals surface area contributed by atoms with E-state index in [0.717, 1.165) is 50.3 Å². The van der Waals surface area contributed by atoms with Gasteiger partial charge in [-0.25, -0.2) is 4.98 Å². The van der Waals surface area contributed by atoms with Crippen molar-refractivity contribution in [3.8, 4) is 5.75 Å². The number of amides is 1. The molecule has 1 aromatic heterocycles. The topological polar surface area (TPSA) is 67.4 Å². The number of aromatic nitrogens is 2. The van der Waals surface area contributed by atoms with Crippen LogP contribution in [0.1, 0.15) is 35.3 Å². The van der Waals surface area contributed by atoms with Gasteiger partial charge < -0.3 is 15.0 Å². The van der Waals surface area contributed by atoms with E-state index in [2.05, 4.69) is 15.3 Å². The molecule has 2 aromatic rings. The molecule has 1 aliphatic heterocycles. The van der Waals surface area contributed by atoms with Crippen molar-refractivity contribution < 1.29 is 9.53 Å². The van der Waals surface area contributed by atoms with Crippen LogP contribution >= 0.6 is 0 Å². The third kappa shape index (κ3) is 4.50. The Hall–Kier alpha value is -2.63. The molecule has 1 aliphatic rings. The molecule has 6 nitrogen and oxygen atoms in total. The minimum absolute atomic E-state index is 0.0858. The van der Waals surface area contributed by atoms with Crippen LogP contribution in [0.4, 0.5) is 5.82 Å². The van der Waals surface area contributed by atoms with E-state index in [1.54, 1.807) is 13.3 Å². The number of nitrogens with zero attached hydrogens (tertiary/aromatic N) is 3. The highest BCUT2D eigenvalue weighted by molar-refractivity contribution is 5.94. The van der Waals surface area contributed by atoms with Crippen LogP contribution in [-0.2, 0) is 6.42 Å². The average molecular weight is 354 g/mol. The number of rotatable bonds is 5. The van der Waals surface area contributed by atoms with E-state index in [1.807, 2.05) is 42.4 Å². The number of nitrogens with one attached hydrogen (secondary N) is 1. The Kier molecular flexibility index (Phi) is 6.04. The first-order chi connectivity index (χ1) is 12.7. The summed E-state index contributed by atoms with van der Waals surface area (Å²) < 4.78 is 5.23. The third-order valence-corrected chi connectivity index (χ3v) is 4.91. The summed E-state index contributed by atoms with van der Waals surface area (Å²) in [5.74, 6) is 2.12. The first-order valence-electron chi connectivity index (χ1n) is 9.11. The molecule has 0 spiro atoms.